The minimum atomic E-state index is 0.259. The van der Waals surface area contributed by atoms with E-state index in [0.29, 0.717) is 18.4 Å². The molecule has 0 bridgehead atoms. The first-order valence-electron chi connectivity index (χ1n) is 8.33. The summed E-state index contributed by atoms with van der Waals surface area (Å²) in [4.78, 5) is 14.0. The number of carbonyl (C=O) groups excluding carboxylic acids is 1. The Kier molecular flexibility index (Phi) is 4.18. The number of para-hydroxylation sites is 2. The fraction of sp³-hybridized carbons (Fsp3) is 0.611. The molecule has 3 heteroatoms. The van der Waals surface area contributed by atoms with Crippen LogP contribution in [0.3, 0.4) is 0 Å². The molecular formula is C18H26N2O. The molecule has 21 heavy (non-hydrogen) atoms. The van der Waals surface area contributed by atoms with Gasteiger partial charge in [0.15, 0.2) is 0 Å². The number of anilines is 2. The van der Waals surface area contributed by atoms with Gasteiger partial charge in [-0.2, -0.15) is 0 Å². The van der Waals surface area contributed by atoms with E-state index < -0.39 is 0 Å². The van der Waals surface area contributed by atoms with Crippen LogP contribution in [0.1, 0.15) is 46.0 Å². The molecule has 1 aromatic carbocycles. The molecule has 1 saturated carbocycles. The van der Waals surface area contributed by atoms with Crippen LogP contribution in [0.4, 0.5) is 11.4 Å². The predicted octanol–water partition coefficient (Wildman–Crippen LogP) is 4.05. The van der Waals surface area contributed by atoms with Gasteiger partial charge in [0.2, 0.25) is 5.91 Å². The lowest BCUT2D eigenvalue weighted by Crippen LogP contribution is -2.35. The molecule has 3 atom stereocenters. The fourth-order valence-electron chi connectivity index (χ4n) is 3.72. The molecule has 0 aromatic heterocycles. The van der Waals surface area contributed by atoms with Gasteiger partial charge in [0, 0.05) is 19.0 Å². The summed E-state index contributed by atoms with van der Waals surface area (Å²) in [5.41, 5.74) is 2.18. The largest absolute Gasteiger partial charge is 0.380 e. The average molecular weight is 286 g/mol. The van der Waals surface area contributed by atoms with Gasteiger partial charge in [-0.05, 0) is 36.8 Å². The Labute approximate surface area is 127 Å². The van der Waals surface area contributed by atoms with E-state index in [2.05, 4.69) is 37.4 Å². The second-order valence-corrected chi connectivity index (χ2v) is 6.68. The molecule has 0 spiro atoms. The average Bonchev–Trinajstić information content (AvgIpc) is 2.90. The number of carbonyl (C=O) groups is 1. The zero-order valence-electron chi connectivity index (χ0n) is 13.1. The highest BCUT2D eigenvalue weighted by Gasteiger charge is 2.29. The molecule has 1 saturated heterocycles. The predicted molar refractivity (Wildman–Crippen MR) is 87.6 cm³/mol. The standard InChI is InChI=1S/C18H26N2O/c1-13-7-5-9-15(14(13)2)19-16-8-3-4-10-17(16)20-12-6-11-18(20)21/h3-4,8,10,13-15,19H,5-7,9,11-12H2,1-2H3. The lowest BCUT2D eigenvalue weighted by molar-refractivity contribution is -0.117. The van der Waals surface area contributed by atoms with Gasteiger partial charge in [0.05, 0.1) is 11.4 Å². The van der Waals surface area contributed by atoms with Crippen LogP contribution in [0.15, 0.2) is 24.3 Å². The molecule has 3 rings (SSSR count). The smallest absolute Gasteiger partial charge is 0.227 e. The molecule has 1 heterocycles. The third kappa shape index (κ3) is 2.92. The summed E-state index contributed by atoms with van der Waals surface area (Å²) in [6.07, 6.45) is 5.53. The van der Waals surface area contributed by atoms with Gasteiger partial charge in [-0.3, -0.25) is 4.79 Å². The Hall–Kier alpha value is -1.51. The highest BCUT2D eigenvalue weighted by Crippen LogP contribution is 2.35. The Morgan fingerprint density at radius 3 is 2.71 bits per heavy atom. The second kappa shape index (κ2) is 6.08. The molecule has 3 unspecified atom stereocenters. The van der Waals surface area contributed by atoms with Gasteiger partial charge in [-0.1, -0.05) is 38.8 Å². The molecule has 1 N–H and O–H groups in total. The maximum atomic E-state index is 12.0. The molecule has 0 radical (unpaired) electrons. The number of hydrogen-bond donors (Lipinski definition) is 1. The van der Waals surface area contributed by atoms with E-state index in [1.165, 1.54) is 19.3 Å². The van der Waals surface area contributed by atoms with Crippen molar-refractivity contribution < 1.29 is 4.79 Å². The number of nitrogens with one attached hydrogen (secondary N) is 1. The Morgan fingerprint density at radius 1 is 1.14 bits per heavy atom. The summed E-state index contributed by atoms with van der Waals surface area (Å²) in [5.74, 6) is 1.72. The summed E-state index contributed by atoms with van der Waals surface area (Å²) in [6, 6.07) is 8.80. The number of benzene rings is 1. The Balaban J connectivity index is 1.80. The number of nitrogens with zero attached hydrogens (tertiary/aromatic N) is 1. The minimum absolute atomic E-state index is 0.259. The first kappa shape index (κ1) is 14.4. The molecule has 1 aromatic rings. The monoisotopic (exact) mass is 286 g/mol. The van der Waals surface area contributed by atoms with Crippen molar-refractivity contribution in [3.05, 3.63) is 24.3 Å². The molecule has 1 aliphatic carbocycles. The van der Waals surface area contributed by atoms with Crippen molar-refractivity contribution in [3.8, 4) is 0 Å². The fourth-order valence-corrected chi connectivity index (χ4v) is 3.72. The van der Waals surface area contributed by atoms with E-state index in [9.17, 15) is 4.79 Å². The highest BCUT2D eigenvalue weighted by molar-refractivity contribution is 5.98. The molecule has 2 aliphatic rings. The van der Waals surface area contributed by atoms with E-state index in [-0.39, 0.29) is 5.91 Å². The van der Waals surface area contributed by atoms with Crippen molar-refractivity contribution >= 4 is 17.3 Å². The molecular weight excluding hydrogens is 260 g/mol. The zero-order chi connectivity index (χ0) is 14.8. The van der Waals surface area contributed by atoms with E-state index in [0.717, 1.165) is 30.3 Å². The van der Waals surface area contributed by atoms with Gasteiger partial charge in [0.1, 0.15) is 0 Å². The second-order valence-electron chi connectivity index (χ2n) is 6.68. The first-order valence-corrected chi connectivity index (χ1v) is 8.33. The van der Waals surface area contributed by atoms with Gasteiger partial charge < -0.3 is 10.2 Å². The van der Waals surface area contributed by atoms with E-state index in [1.807, 2.05) is 11.0 Å². The van der Waals surface area contributed by atoms with Crippen molar-refractivity contribution in [2.75, 3.05) is 16.8 Å². The molecule has 3 nitrogen and oxygen atoms in total. The van der Waals surface area contributed by atoms with Crippen LogP contribution < -0.4 is 10.2 Å². The highest BCUT2D eigenvalue weighted by atomic mass is 16.2. The van der Waals surface area contributed by atoms with Gasteiger partial charge in [-0.15, -0.1) is 0 Å². The lowest BCUT2D eigenvalue weighted by Gasteiger charge is -2.36. The van der Waals surface area contributed by atoms with Gasteiger partial charge >= 0.3 is 0 Å². The Morgan fingerprint density at radius 2 is 1.95 bits per heavy atom. The van der Waals surface area contributed by atoms with Gasteiger partial charge in [0.25, 0.3) is 0 Å². The van der Waals surface area contributed by atoms with Crippen LogP contribution >= 0.6 is 0 Å². The lowest BCUT2D eigenvalue weighted by atomic mass is 9.78. The van der Waals surface area contributed by atoms with E-state index in [4.69, 9.17) is 0 Å². The zero-order valence-corrected chi connectivity index (χ0v) is 13.1. The number of hydrogen-bond acceptors (Lipinski definition) is 2. The van der Waals surface area contributed by atoms with Crippen LogP contribution in [0.2, 0.25) is 0 Å². The quantitative estimate of drug-likeness (QED) is 0.909. The van der Waals surface area contributed by atoms with Crippen molar-refractivity contribution in [2.45, 2.75) is 52.0 Å². The van der Waals surface area contributed by atoms with Crippen LogP contribution in [0, 0.1) is 11.8 Å². The van der Waals surface area contributed by atoms with Crippen molar-refractivity contribution in [2.24, 2.45) is 11.8 Å². The van der Waals surface area contributed by atoms with Crippen LogP contribution in [-0.2, 0) is 4.79 Å². The summed E-state index contributed by atoms with van der Waals surface area (Å²) in [6.45, 7) is 5.56. The number of rotatable bonds is 3. The van der Waals surface area contributed by atoms with E-state index >= 15 is 0 Å². The SMILES string of the molecule is CC1CCCC(Nc2ccccc2N2CCCC2=O)C1C. The van der Waals surface area contributed by atoms with Crippen LogP contribution in [-0.4, -0.2) is 18.5 Å². The minimum Gasteiger partial charge on any atom is -0.380 e. The topological polar surface area (TPSA) is 32.3 Å². The maximum Gasteiger partial charge on any atom is 0.227 e. The molecule has 1 amide bonds. The van der Waals surface area contributed by atoms with Crippen LogP contribution in [0.5, 0.6) is 0 Å². The summed E-state index contributed by atoms with van der Waals surface area (Å²) >= 11 is 0. The third-order valence-corrected chi connectivity index (χ3v) is 5.32. The first-order chi connectivity index (χ1) is 10.2. The number of amides is 1. The Bertz CT molecular complexity index is 514. The van der Waals surface area contributed by atoms with Crippen molar-refractivity contribution in [1.29, 1.82) is 0 Å². The summed E-state index contributed by atoms with van der Waals surface area (Å²) < 4.78 is 0. The maximum absolute atomic E-state index is 12.0. The summed E-state index contributed by atoms with van der Waals surface area (Å²) in [7, 11) is 0. The molecule has 114 valence electrons. The normalized spacial score (nSPS) is 29.7. The third-order valence-electron chi connectivity index (χ3n) is 5.32. The molecule has 2 fully saturated rings. The van der Waals surface area contributed by atoms with Crippen LogP contribution in [0.25, 0.3) is 0 Å². The van der Waals surface area contributed by atoms with E-state index in [1.54, 1.807) is 0 Å². The molecule has 1 aliphatic heterocycles. The van der Waals surface area contributed by atoms with Crippen molar-refractivity contribution in [1.82, 2.24) is 0 Å². The van der Waals surface area contributed by atoms with Gasteiger partial charge in [-0.25, -0.2) is 0 Å². The summed E-state index contributed by atoms with van der Waals surface area (Å²) in [5, 5.41) is 3.73. The van der Waals surface area contributed by atoms with Crippen molar-refractivity contribution in [3.63, 3.8) is 0 Å².